The van der Waals surface area contributed by atoms with E-state index in [4.69, 9.17) is 0 Å². The molecular weight excluding hydrogens is 242 g/mol. The van der Waals surface area contributed by atoms with E-state index < -0.39 is 5.91 Å². The average molecular weight is 267 g/mol. The molecule has 2 aliphatic rings. The first-order valence-electron chi connectivity index (χ1n) is 7.40. The molecule has 19 heavy (non-hydrogen) atoms. The number of carbonyl (C=O) groups is 2. The van der Waals surface area contributed by atoms with Gasteiger partial charge in [0.25, 0.3) is 0 Å². The monoisotopic (exact) mass is 267 g/mol. The van der Waals surface area contributed by atoms with Gasteiger partial charge >= 0.3 is 11.8 Å². The first-order valence-corrected chi connectivity index (χ1v) is 7.40. The minimum absolute atomic E-state index is 0.163. The molecule has 0 radical (unpaired) electrons. The summed E-state index contributed by atoms with van der Waals surface area (Å²) in [5, 5.41) is 6.16. The van der Waals surface area contributed by atoms with Crippen molar-refractivity contribution in [2.24, 2.45) is 11.8 Å². The van der Waals surface area contributed by atoms with Crippen LogP contribution < -0.4 is 10.6 Å². The summed E-state index contributed by atoms with van der Waals surface area (Å²) in [4.78, 5) is 25.8. The molecule has 1 saturated heterocycles. The summed E-state index contributed by atoms with van der Waals surface area (Å²) >= 11 is 0. The Morgan fingerprint density at radius 1 is 1.16 bits per heavy atom. The summed E-state index contributed by atoms with van der Waals surface area (Å²) in [6, 6.07) is 0.163. The summed E-state index contributed by atoms with van der Waals surface area (Å²) < 4.78 is 0. The van der Waals surface area contributed by atoms with Crippen molar-refractivity contribution in [2.45, 2.75) is 39.2 Å². The number of rotatable bonds is 1. The van der Waals surface area contributed by atoms with Gasteiger partial charge < -0.3 is 15.5 Å². The van der Waals surface area contributed by atoms with E-state index in [2.05, 4.69) is 24.5 Å². The minimum Gasteiger partial charge on any atom is -0.345 e. The molecule has 2 rings (SSSR count). The van der Waals surface area contributed by atoms with Gasteiger partial charge in [-0.1, -0.05) is 13.8 Å². The maximum atomic E-state index is 12.1. The van der Waals surface area contributed by atoms with Crippen LogP contribution in [0.15, 0.2) is 0 Å². The van der Waals surface area contributed by atoms with E-state index in [1.807, 2.05) is 0 Å². The molecule has 2 fully saturated rings. The van der Waals surface area contributed by atoms with Crippen molar-refractivity contribution in [1.29, 1.82) is 0 Å². The standard InChI is InChI=1S/C14H25N3O2/c1-10-4-5-12(11(10)2)16-13(18)14(19)17-8-3-6-15-7-9-17/h10-12,15H,3-9H2,1-2H3,(H,16,18). The van der Waals surface area contributed by atoms with Crippen LogP contribution in [0.25, 0.3) is 0 Å². The average Bonchev–Trinajstić information content (AvgIpc) is 2.66. The third-order valence-corrected chi connectivity index (χ3v) is 4.60. The van der Waals surface area contributed by atoms with E-state index in [1.165, 1.54) is 0 Å². The van der Waals surface area contributed by atoms with Gasteiger partial charge in [0.15, 0.2) is 0 Å². The fourth-order valence-corrected chi connectivity index (χ4v) is 2.99. The predicted octanol–water partition coefficient (Wildman–Crippen LogP) is 0.359. The molecule has 3 atom stereocenters. The molecule has 5 nitrogen and oxygen atoms in total. The number of nitrogens with zero attached hydrogens (tertiary/aromatic N) is 1. The Hall–Kier alpha value is -1.10. The van der Waals surface area contributed by atoms with Gasteiger partial charge in [0.05, 0.1) is 0 Å². The Morgan fingerprint density at radius 2 is 1.95 bits per heavy atom. The summed E-state index contributed by atoms with van der Waals surface area (Å²) in [6.45, 7) is 7.36. The molecule has 0 spiro atoms. The van der Waals surface area contributed by atoms with Crippen LogP contribution in [-0.4, -0.2) is 48.9 Å². The van der Waals surface area contributed by atoms with E-state index in [-0.39, 0.29) is 11.9 Å². The Labute approximate surface area is 115 Å². The van der Waals surface area contributed by atoms with Gasteiger partial charge in [0, 0.05) is 25.7 Å². The highest BCUT2D eigenvalue weighted by molar-refractivity contribution is 6.35. The van der Waals surface area contributed by atoms with Crippen molar-refractivity contribution >= 4 is 11.8 Å². The Balaban J connectivity index is 1.86. The smallest absolute Gasteiger partial charge is 0.311 e. The Kier molecular flexibility index (Phi) is 4.80. The number of hydrogen-bond acceptors (Lipinski definition) is 3. The predicted molar refractivity (Wildman–Crippen MR) is 73.6 cm³/mol. The SMILES string of the molecule is CC1CCC(NC(=O)C(=O)N2CCCNCC2)C1C. The summed E-state index contributed by atoms with van der Waals surface area (Å²) in [5.41, 5.74) is 0. The van der Waals surface area contributed by atoms with E-state index in [0.717, 1.165) is 32.4 Å². The maximum absolute atomic E-state index is 12.1. The molecule has 0 aromatic carbocycles. The summed E-state index contributed by atoms with van der Waals surface area (Å²) in [5.74, 6) is 0.300. The molecule has 2 N–H and O–H groups in total. The van der Waals surface area contributed by atoms with Crippen LogP contribution in [0, 0.1) is 11.8 Å². The van der Waals surface area contributed by atoms with Gasteiger partial charge in [0.1, 0.15) is 0 Å². The largest absolute Gasteiger partial charge is 0.345 e. The van der Waals surface area contributed by atoms with Crippen molar-refractivity contribution in [3.05, 3.63) is 0 Å². The van der Waals surface area contributed by atoms with Crippen LogP contribution >= 0.6 is 0 Å². The van der Waals surface area contributed by atoms with E-state index in [0.29, 0.717) is 24.9 Å². The first-order chi connectivity index (χ1) is 9.09. The number of carbonyl (C=O) groups excluding carboxylic acids is 2. The highest BCUT2D eigenvalue weighted by Crippen LogP contribution is 2.30. The molecule has 0 bridgehead atoms. The highest BCUT2D eigenvalue weighted by Gasteiger charge is 2.33. The molecule has 5 heteroatoms. The lowest BCUT2D eigenvalue weighted by molar-refractivity contribution is -0.146. The normalized spacial score (nSPS) is 31.9. The fourth-order valence-electron chi connectivity index (χ4n) is 2.99. The van der Waals surface area contributed by atoms with E-state index in [9.17, 15) is 9.59 Å². The fraction of sp³-hybridized carbons (Fsp3) is 0.857. The molecule has 108 valence electrons. The zero-order valence-corrected chi connectivity index (χ0v) is 11.9. The molecule has 0 aromatic rings. The number of amides is 2. The van der Waals surface area contributed by atoms with Crippen molar-refractivity contribution in [3.8, 4) is 0 Å². The lowest BCUT2D eigenvalue weighted by Gasteiger charge is -2.23. The second-order valence-corrected chi connectivity index (χ2v) is 5.89. The number of nitrogens with one attached hydrogen (secondary N) is 2. The quantitative estimate of drug-likeness (QED) is 0.674. The van der Waals surface area contributed by atoms with Crippen molar-refractivity contribution in [2.75, 3.05) is 26.2 Å². The lowest BCUT2D eigenvalue weighted by Crippen LogP contribution is -2.48. The van der Waals surface area contributed by atoms with Crippen LogP contribution in [0.2, 0.25) is 0 Å². The van der Waals surface area contributed by atoms with Gasteiger partial charge in [0.2, 0.25) is 0 Å². The first kappa shape index (κ1) is 14.3. The Bertz CT molecular complexity index is 338. The molecule has 1 heterocycles. The van der Waals surface area contributed by atoms with Crippen LogP contribution in [-0.2, 0) is 9.59 Å². The lowest BCUT2D eigenvalue weighted by atomic mass is 9.98. The van der Waals surface area contributed by atoms with Gasteiger partial charge in [-0.25, -0.2) is 0 Å². The third-order valence-electron chi connectivity index (χ3n) is 4.60. The molecule has 1 saturated carbocycles. The van der Waals surface area contributed by atoms with E-state index in [1.54, 1.807) is 4.90 Å². The van der Waals surface area contributed by atoms with Crippen molar-refractivity contribution in [3.63, 3.8) is 0 Å². The van der Waals surface area contributed by atoms with E-state index >= 15 is 0 Å². The van der Waals surface area contributed by atoms with Gasteiger partial charge in [-0.05, 0) is 37.6 Å². The second-order valence-electron chi connectivity index (χ2n) is 5.89. The molecule has 1 aliphatic heterocycles. The van der Waals surface area contributed by atoms with Gasteiger partial charge in [-0.3, -0.25) is 9.59 Å². The van der Waals surface area contributed by atoms with Crippen LogP contribution in [0.4, 0.5) is 0 Å². The molecule has 3 unspecified atom stereocenters. The van der Waals surface area contributed by atoms with Crippen molar-refractivity contribution in [1.82, 2.24) is 15.5 Å². The number of hydrogen-bond donors (Lipinski definition) is 2. The molecule has 2 amide bonds. The van der Waals surface area contributed by atoms with Crippen LogP contribution in [0.5, 0.6) is 0 Å². The second kappa shape index (κ2) is 6.37. The highest BCUT2D eigenvalue weighted by atomic mass is 16.2. The van der Waals surface area contributed by atoms with Crippen LogP contribution in [0.1, 0.15) is 33.1 Å². The zero-order chi connectivity index (χ0) is 13.8. The molecule has 0 aromatic heterocycles. The van der Waals surface area contributed by atoms with Gasteiger partial charge in [-0.2, -0.15) is 0 Å². The van der Waals surface area contributed by atoms with Gasteiger partial charge in [-0.15, -0.1) is 0 Å². The topological polar surface area (TPSA) is 61.4 Å². The summed E-state index contributed by atoms with van der Waals surface area (Å²) in [7, 11) is 0. The summed E-state index contributed by atoms with van der Waals surface area (Å²) in [6.07, 6.45) is 3.03. The maximum Gasteiger partial charge on any atom is 0.311 e. The third kappa shape index (κ3) is 3.47. The Morgan fingerprint density at radius 3 is 2.63 bits per heavy atom. The van der Waals surface area contributed by atoms with Crippen LogP contribution in [0.3, 0.4) is 0 Å². The minimum atomic E-state index is -0.423. The van der Waals surface area contributed by atoms with Crippen molar-refractivity contribution < 1.29 is 9.59 Å². The molecular formula is C14H25N3O2. The molecule has 1 aliphatic carbocycles. The zero-order valence-electron chi connectivity index (χ0n) is 11.9.